The van der Waals surface area contributed by atoms with Gasteiger partial charge in [-0.05, 0) is 54.9 Å². The third-order valence-electron chi connectivity index (χ3n) is 8.48. The molecular formula is C31H38ClN7O2S. The van der Waals surface area contributed by atoms with E-state index in [1.54, 1.807) is 0 Å². The van der Waals surface area contributed by atoms with Crippen molar-refractivity contribution in [2.75, 3.05) is 92.3 Å². The minimum Gasteiger partial charge on any atom is -0.381 e. The van der Waals surface area contributed by atoms with Gasteiger partial charge < -0.3 is 34.8 Å². The number of ether oxygens (including phenoxy) is 2. The van der Waals surface area contributed by atoms with Gasteiger partial charge in [0.2, 0.25) is 5.95 Å². The number of piperazine rings is 1. The topological polar surface area (TPSA) is 78.0 Å². The van der Waals surface area contributed by atoms with Crippen LogP contribution in [0.1, 0.15) is 18.4 Å². The van der Waals surface area contributed by atoms with Crippen molar-refractivity contribution in [3.05, 3.63) is 71.2 Å². The number of hydrogen-bond donors (Lipinski definition) is 2. The second-order valence-electron chi connectivity index (χ2n) is 11.0. The number of thiocarbonyl (C=S) groups is 1. The van der Waals surface area contributed by atoms with Crippen molar-refractivity contribution in [3.8, 4) is 0 Å². The third kappa shape index (κ3) is 6.89. The van der Waals surface area contributed by atoms with Gasteiger partial charge in [-0.1, -0.05) is 41.9 Å². The molecule has 3 aromatic rings. The van der Waals surface area contributed by atoms with Crippen molar-refractivity contribution in [1.29, 1.82) is 0 Å². The van der Waals surface area contributed by atoms with Gasteiger partial charge in [0.25, 0.3) is 0 Å². The lowest BCUT2D eigenvalue weighted by molar-refractivity contribution is 0.0515. The Balaban J connectivity index is 1.16. The van der Waals surface area contributed by atoms with Gasteiger partial charge in [-0.15, -0.1) is 0 Å². The third-order valence-corrected chi connectivity index (χ3v) is 8.98. The molecule has 42 heavy (non-hydrogen) atoms. The van der Waals surface area contributed by atoms with Gasteiger partial charge in [-0.2, -0.15) is 9.97 Å². The first kappa shape index (κ1) is 28.9. The van der Waals surface area contributed by atoms with E-state index in [0.717, 1.165) is 82.0 Å². The molecule has 1 aromatic heterocycles. The summed E-state index contributed by atoms with van der Waals surface area (Å²) < 4.78 is 11.3. The maximum atomic E-state index is 6.19. The van der Waals surface area contributed by atoms with E-state index in [1.165, 1.54) is 11.3 Å². The number of nitrogens with zero attached hydrogens (tertiary/aromatic N) is 5. The molecule has 0 atom stereocenters. The lowest BCUT2D eigenvalue weighted by Crippen LogP contribution is -2.47. The molecule has 11 heteroatoms. The van der Waals surface area contributed by atoms with Crippen molar-refractivity contribution in [3.63, 3.8) is 0 Å². The van der Waals surface area contributed by atoms with Crippen molar-refractivity contribution in [1.82, 2.24) is 15.3 Å². The fourth-order valence-electron chi connectivity index (χ4n) is 5.96. The SMILES string of the molecule is S=C(NCC1(c2ccc(Cl)cc2)CCOCC1)Nc1nc(N2CCOCC2)cc(N2CCN(c3ccccc3)CC2)n1. The highest BCUT2D eigenvalue weighted by molar-refractivity contribution is 7.80. The Morgan fingerprint density at radius 1 is 0.786 bits per heavy atom. The molecule has 3 fully saturated rings. The molecule has 2 N–H and O–H groups in total. The van der Waals surface area contributed by atoms with Crippen LogP contribution >= 0.6 is 23.8 Å². The Hall–Kier alpha value is -3.18. The van der Waals surface area contributed by atoms with Crippen LogP contribution in [0.15, 0.2) is 60.7 Å². The molecule has 0 spiro atoms. The minimum absolute atomic E-state index is 0.0886. The zero-order chi connectivity index (χ0) is 28.8. The Labute approximate surface area is 258 Å². The van der Waals surface area contributed by atoms with Gasteiger partial charge in [0.05, 0.1) is 13.2 Å². The lowest BCUT2D eigenvalue weighted by Gasteiger charge is -2.38. The van der Waals surface area contributed by atoms with Gasteiger partial charge >= 0.3 is 0 Å². The first-order chi connectivity index (χ1) is 20.6. The molecule has 0 saturated carbocycles. The second kappa shape index (κ2) is 13.4. The van der Waals surface area contributed by atoms with Gasteiger partial charge in [0, 0.05) is 81.2 Å². The molecule has 3 aliphatic rings. The van der Waals surface area contributed by atoms with E-state index in [-0.39, 0.29) is 5.41 Å². The van der Waals surface area contributed by atoms with Crippen molar-refractivity contribution in [2.24, 2.45) is 0 Å². The highest BCUT2D eigenvalue weighted by Gasteiger charge is 2.34. The molecule has 4 heterocycles. The summed E-state index contributed by atoms with van der Waals surface area (Å²) in [4.78, 5) is 16.8. The number of halogens is 1. The number of rotatable bonds is 7. The number of anilines is 4. The zero-order valence-corrected chi connectivity index (χ0v) is 25.4. The van der Waals surface area contributed by atoms with E-state index in [1.807, 2.05) is 12.1 Å². The molecular weight excluding hydrogens is 570 g/mol. The normalized spacial score (nSPS) is 18.9. The van der Waals surface area contributed by atoms with E-state index < -0.39 is 0 Å². The average molecular weight is 608 g/mol. The zero-order valence-electron chi connectivity index (χ0n) is 23.8. The van der Waals surface area contributed by atoms with E-state index in [4.69, 9.17) is 43.3 Å². The van der Waals surface area contributed by atoms with Crippen LogP contribution in [0.3, 0.4) is 0 Å². The minimum atomic E-state index is -0.0886. The number of benzene rings is 2. The van der Waals surface area contributed by atoms with E-state index >= 15 is 0 Å². The fourth-order valence-corrected chi connectivity index (χ4v) is 6.24. The molecule has 0 radical (unpaired) electrons. The summed E-state index contributed by atoms with van der Waals surface area (Å²) in [5, 5.41) is 8.02. The Kier molecular flexibility index (Phi) is 9.24. The van der Waals surface area contributed by atoms with Gasteiger partial charge in [-0.25, -0.2) is 0 Å². The van der Waals surface area contributed by atoms with Crippen LogP contribution < -0.4 is 25.3 Å². The Morgan fingerprint density at radius 3 is 2.05 bits per heavy atom. The molecule has 0 unspecified atom stereocenters. The molecule has 0 aliphatic carbocycles. The fraction of sp³-hybridized carbons (Fsp3) is 0.452. The molecule has 3 aliphatic heterocycles. The largest absolute Gasteiger partial charge is 0.381 e. The summed E-state index contributed by atoms with van der Waals surface area (Å²) in [6.07, 6.45) is 1.82. The maximum absolute atomic E-state index is 6.19. The van der Waals surface area contributed by atoms with Crippen LogP contribution in [-0.2, 0) is 14.9 Å². The predicted octanol–water partition coefficient (Wildman–Crippen LogP) is 4.33. The van der Waals surface area contributed by atoms with Crippen molar-refractivity contribution >= 4 is 52.2 Å². The summed E-state index contributed by atoms with van der Waals surface area (Å²) in [6, 6.07) is 20.8. The van der Waals surface area contributed by atoms with Crippen molar-refractivity contribution < 1.29 is 9.47 Å². The van der Waals surface area contributed by atoms with Crippen molar-refractivity contribution in [2.45, 2.75) is 18.3 Å². The first-order valence-corrected chi connectivity index (χ1v) is 15.5. The molecule has 2 aromatic carbocycles. The van der Waals surface area contributed by atoms with E-state index in [9.17, 15) is 0 Å². The summed E-state index contributed by atoms with van der Waals surface area (Å²) in [6.45, 7) is 8.71. The summed E-state index contributed by atoms with van der Waals surface area (Å²) in [7, 11) is 0. The molecule has 0 bridgehead atoms. The first-order valence-electron chi connectivity index (χ1n) is 14.7. The van der Waals surface area contributed by atoms with Gasteiger partial charge in [-0.3, -0.25) is 0 Å². The summed E-state index contributed by atoms with van der Waals surface area (Å²) >= 11 is 12.0. The molecule has 9 nitrogen and oxygen atoms in total. The predicted molar refractivity (Wildman–Crippen MR) is 173 cm³/mol. The molecule has 3 saturated heterocycles. The van der Waals surface area contributed by atoms with Crippen LogP contribution in [0.2, 0.25) is 5.02 Å². The smallest absolute Gasteiger partial charge is 0.232 e. The summed E-state index contributed by atoms with van der Waals surface area (Å²) in [5.41, 5.74) is 2.41. The van der Waals surface area contributed by atoms with Gasteiger partial charge in [0.15, 0.2) is 5.11 Å². The number of morpholine rings is 1. The Morgan fingerprint density at radius 2 is 1.38 bits per heavy atom. The monoisotopic (exact) mass is 607 g/mol. The Bertz CT molecular complexity index is 1330. The number of hydrogen-bond acceptors (Lipinski definition) is 8. The van der Waals surface area contributed by atoms with E-state index in [0.29, 0.717) is 30.8 Å². The van der Waals surface area contributed by atoms with Crippen LogP contribution in [0.4, 0.5) is 23.3 Å². The van der Waals surface area contributed by atoms with Crippen LogP contribution in [0, 0.1) is 0 Å². The highest BCUT2D eigenvalue weighted by Crippen LogP contribution is 2.35. The number of para-hydroxylation sites is 1. The molecule has 6 rings (SSSR count). The summed E-state index contributed by atoms with van der Waals surface area (Å²) in [5.74, 6) is 2.30. The highest BCUT2D eigenvalue weighted by atomic mass is 35.5. The van der Waals surface area contributed by atoms with Crippen LogP contribution in [0.5, 0.6) is 0 Å². The maximum Gasteiger partial charge on any atom is 0.232 e. The lowest BCUT2D eigenvalue weighted by atomic mass is 9.74. The van der Waals surface area contributed by atoms with Crippen LogP contribution in [0.25, 0.3) is 0 Å². The molecule has 0 amide bonds. The quantitative estimate of drug-likeness (QED) is 0.379. The molecule has 222 valence electrons. The van der Waals surface area contributed by atoms with Crippen LogP contribution in [-0.4, -0.2) is 87.3 Å². The van der Waals surface area contributed by atoms with E-state index in [2.05, 4.69) is 73.9 Å². The standard InChI is InChI=1S/C31H38ClN7O2S/c32-25-8-6-24(7-9-25)31(10-18-40-19-11-31)23-33-30(42)36-29-34-27(22-28(35-29)39-16-20-41-21-17-39)38-14-12-37(13-15-38)26-4-2-1-3-5-26/h1-9,22H,10-21,23H2,(H2,33,34,35,36,42). The average Bonchev–Trinajstić information content (AvgIpc) is 3.05. The number of nitrogens with one attached hydrogen (secondary N) is 2. The number of aromatic nitrogens is 2. The van der Waals surface area contributed by atoms with Gasteiger partial charge in [0.1, 0.15) is 11.6 Å². The second-order valence-corrected chi connectivity index (χ2v) is 11.9.